The van der Waals surface area contributed by atoms with Gasteiger partial charge in [0.1, 0.15) is 12.4 Å². The first-order valence-electron chi connectivity index (χ1n) is 8.97. The maximum absolute atomic E-state index is 12.1. The molecule has 1 heterocycles. The molecule has 0 atom stereocenters. The van der Waals surface area contributed by atoms with E-state index in [1.807, 2.05) is 24.3 Å². The molecule has 0 saturated carbocycles. The number of hydrogen-bond acceptors (Lipinski definition) is 3. The molecule has 0 aliphatic rings. The number of pyridine rings is 1. The fourth-order valence-electron chi connectivity index (χ4n) is 2.46. The largest absolute Gasteiger partial charge is 0.492 e. The van der Waals surface area contributed by atoms with Gasteiger partial charge in [-0.3, -0.25) is 4.98 Å². The third-order valence-corrected chi connectivity index (χ3v) is 4.20. The van der Waals surface area contributed by atoms with Gasteiger partial charge in [0.15, 0.2) is 0 Å². The van der Waals surface area contributed by atoms with Crippen LogP contribution in [-0.2, 0) is 11.8 Å². The first-order valence-corrected chi connectivity index (χ1v) is 8.97. The van der Waals surface area contributed by atoms with E-state index in [0.717, 1.165) is 12.2 Å². The van der Waals surface area contributed by atoms with Crippen LogP contribution in [0.15, 0.2) is 48.8 Å². The summed E-state index contributed by atoms with van der Waals surface area (Å²) in [6.45, 7) is 8.12. The van der Waals surface area contributed by atoms with Crippen molar-refractivity contribution in [1.82, 2.24) is 15.2 Å². The van der Waals surface area contributed by atoms with Crippen LogP contribution in [0.2, 0.25) is 0 Å². The van der Waals surface area contributed by atoms with Gasteiger partial charge in [0, 0.05) is 26.0 Å². The second kappa shape index (κ2) is 9.22. The summed E-state index contributed by atoms with van der Waals surface area (Å²) in [5.41, 5.74) is 2.57. The third-order valence-electron chi connectivity index (χ3n) is 4.20. The summed E-state index contributed by atoms with van der Waals surface area (Å²) >= 11 is 0. The summed E-state index contributed by atoms with van der Waals surface area (Å²) in [6, 6.07) is 12.0. The van der Waals surface area contributed by atoms with E-state index < -0.39 is 0 Å². The zero-order chi connectivity index (χ0) is 19.0. The van der Waals surface area contributed by atoms with E-state index in [0.29, 0.717) is 19.7 Å². The smallest absolute Gasteiger partial charge is 0.317 e. The Morgan fingerprint density at radius 2 is 1.77 bits per heavy atom. The zero-order valence-corrected chi connectivity index (χ0v) is 16.2. The molecule has 0 radical (unpaired) electrons. The standard InChI is InChI=1S/C21H29N3O2/c1-21(2,3)18-5-7-19(8-6-18)26-16-14-23-20(25)24(4)15-11-17-9-12-22-13-10-17/h5-10,12-13H,11,14-16H2,1-4H3,(H,23,25). The number of ether oxygens (including phenoxy) is 1. The van der Waals surface area contributed by atoms with E-state index in [1.54, 1.807) is 24.3 Å². The number of hydrogen-bond donors (Lipinski definition) is 1. The number of carbonyl (C=O) groups excluding carboxylic acids is 1. The molecule has 2 rings (SSSR count). The Balaban J connectivity index is 1.66. The molecule has 5 nitrogen and oxygen atoms in total. The predicted octanol–water partition coefficient (Wildman–Crippen LogP) is 3.64. The van der Waals surface area contributed by atoms with Crippen LogP contribution in [0.25, 0.3) is 0 Å². The van der Waals surface area contributed by atoms with Gasteiger partial charge in [0.2, 0.25) is 0 Å². The van der Waals surface area contributed by atoms with Gasteiger partial charge in [-0.2, -0.15) is 0 Å². The maximum atomic E-state index is 12.1. The van der Waals surface area contributed by atoms with E-state index in [1.165, 1.54) is 11.1 Å². The zero-order valence-electron chi connectivity index (χ0n) is 16.2. The summed E-state index contributed by atoms with van der Waals surface area (Å²) < 4.78 is 5.69. The Bertz CT molecular complexity index is 679. The highest BCUT2D eigenvalue weighted by atomic mass is 16.5. The number of nitrogens with one attached hydrogen (secondary N) is 1. The second-order valence-corrected chi connectivity index (χ2v) is 7.38. The minimum Gasteiger partial charge on any atom is -0.492 e. The van der Waals surface area contributed by atoms with Gasteiger partial charge in [-0.05, 0) is 47.2 Å². The highest BCUT2D eigenvalue weighted by Gasteiger charge is 2.13. The first kappa shape index (κ1) is 19.8. The molecule has 1 aromatic carbocycles. The van der Waals surface area contributed by atoms with Gasteiger partial charge in [0.25, 0.3) is 0 Å². The van der Waals surface area contributed by atoms with Gasteiger partial charge in [-0.1, -0.05) is 32.9 Å². The van der Waals surface area contributed by atoms with Gasteiger partial charge in [0.05, 0.1) is 6.54 Å². The number of carbonyl (C=O) groups is 1. The van der Waals surface area contributed by atoms with E-state index in [4.69, 9.17) is 4.74 Å². The van der Waals surface area contributed by atoms with Crippen LogP contribution >= 0.6 is 0 Å². The topological polar surface area (TPSA) is 54.5 Å². The molecule has 1 aromatic heterocycles. The molecule has 1 N–H and O–H groups in total. The number of urea groups is 1. The van der Waals surface area contributed by atoms with E-state index in [9.17, 15) is 4.79 Å². The Hall–Kier alpha value is -2.56. The molecule has 0 spiro atoms. The lowest BCUT2D eigenvalue weighted by molar-refractivity contribution is 0.206. The van der Waals surface area contributed by atoms with Crippen molar-refractivity contribution in [3.8, 4) is 5.75 Å². The van der Waals surface area contributed by atoms with E-state index in [2.05, 4.69) is 43.2 Å². The molecule has 2 aromatic rings. The summed E-state index contributed by atoms with van der Waals surface area (Å²) in [4.78, 5) is 17.7. The molecule has 0 unspecified atom stereocenters. The van der Waals surface area contributed by atoms with Crippen LogP contribution in [0, 0.1) is 0 Å². The molecule has 5 heteroatoms. The number of benzene rings is 1. The van der Waals surface area contributed by atoms with Crippen molar-refractivity contribution in [1.29, 1.82) is 0 Å². The number of nitrogens with zero attached hydrogens (tertiary/aromatic N) is 2. The molecule has 0 aliphatic heterocycles. The monoisotopic (exact) mass is 355 g/mol. The number of likely N-dealkylation sites (N-methyl/N-ethyl adjacent to an activating group) is 1. The van der Waals surface area contributed by atoms with E-state index >= 15 is 0 Å². The quantitative estimate of drug-likeness (QED) is 0.772. The van der Waals surface area contributed by atoms with Crippen LogP contribution in [0.5, 0.6) is 5.75 Å². The van der Waals surface area contributed by atoms with Gasteiger partial charge < -0.3 is 15.0 Å². The van der Waals surface area contributed by atoms with Crippen molar-refractivity contribution in [3.05, 3.63) is 59.9 Å². The first-order chi connectivity index (χ1) is 12.4. The molecule has 0 aliphatic carbocycles. The van der Waals surface area contributed by atoms with Crippen molar-refractivity contribution < 1.29 is 9.53 Å². The van der Waals surface area contributed by atoms with Crippen molar-refractivity contribution in [2.24, 2.45) is 0 Å². The third kappa shape index (κ3) is 6.39. The summed E-state index contributed by atoms with van der Waals surface area (Å²) in [5.74, 6) is 0.818. The minimum atomic E-state index is -0.0919. The number of aromatic nitrogens is 1. The predicted molar refractivity (Wildman–Crippen MR) is 105 cm³/mol. The lowest BCUT2D eigenvalue weighted by Crippen LogP contribution is -2.40. The molecule has 0 bridgehead atoms. The summed E-state index contributed by atoms with van der Waals surface area (Å²) in [7, 11) is 1.79. The van der Waals surface area contributed by atoms with Crippen molar-refractivity contribution >= 4 is 6.03 Å². The van der Waals surface area contributed by atoms with Crippen molar-refractivity contribution in [3.63, 3.8) is 0 Å². The van der Waals surface area contributed by atoms with Crippen LogP contribution in [0.4, 0.5) is 4.79 Å². The lowest BCUT2D eigenvalue weighted by Gasteiger charge is -2.19. The molecular weight excluding hydrogens is 326 g/mol. The molecule has 2 amide bonds. The average Bonchev–Trinajstić information content (AvgIpc) is 2.63. The van der Waals surface area contributed by atoms with Crippen LogP contribution < -0.4 is 10.1 Å². The SMILES string of the molecule is CN(CCc1ccncc1)C(=O)NCCOc1ccc(C(C)(C)C)cc1. The Morgan fingerprint density at radius 3 is 2.38 bits per heavy atom. The average molecular weight is 355 g/mol. The lowest BCUT2D eigenvalue weighted by atomic mass is 9.87. The highest BCUT2D eigenvalue weighted by Crippen LogP contribution is 2.24. The van der Waals surface area contributed by atoms with Gasteiger partial charge in [-0.25, -0.2) is 4.79 Å². The summed E-state index contributed by atoms with van der Waals surface area (Å²) in [6.07, 6.45) is 4.34. The molecule has 140 valence electrons. The fourth-order valence-corrected chi connectivity index (χ4v) is 2.46. The second-order valence-electron chi connectivity index (χ2n) is 7.38. The number of rotatable bonds is 7. The molecule has 0 fully saturated rings. The van der Waals surface area contributed by atoms with Crippen molar-refractivity contribution in [2.75, 3.05) is 26.7 Å². The molecular formula is C21H29N3O2. The van der Waals surface area contributed by atoms with Crippen LogP contribution in [0.1, 0.15) is 31.9 Å². The highest BCUT2D eigenvalue weighted by molar-refractivity contribution is 5.73. The Labute approximate surface area is 156 Å². The Morgan fingerprint density at radius 1 is 1.12 bits per heavy atom. The fraction of sp³-hybridized carbons (Fsp3) is 0.429. The van der Waals surface area contributed by atoms with Crippen LogP contribution in [-0.4, -0.2) is 42.7 Å². The molecule has 0 saturated heterocycles. The normalized spacial score (nSPS) is 11.1. The number of amides is 2. The minimum absolute atomic E-state index is 0.0919. The van der Waals surface area contributed by atoms with Gasteiger partial charge >= 0.3 is 6.03 Å². The van der Waals surface area contributed by atoms with Crippen molar-refractivity contribution in [2.45, 2.75) is 32.6 Å². The maximum Gasteiger partial charge on any atom is 0.317 e. The van der Waals surface area contributed by atoms with Gasteiger partial charge in [-0.15, -0.1) is 0 Å². The summed E-state index contributed by atoms with van der Waals surface area (Å²) in [5, 5.41) is 2.87. The molecule has 26 heavy (non-hydrogen) atoms. The Kier molecular flexibility index (Phi) is 7.01. The van der Waals surface area contributed by atoms with E-state index in [-0.39, 0.29) is 11.4 Å². The van der Waals surface area contributed by atoms with Crippen LogP contribution in [0.3, 0.4) is 0 Å².